The van der Waals surface area contributed by atoms with Crippen LogP contribution in [-0.4, -0.2) is 40.2 Å². The van der Waals surface area contributed by atoms with Gasteiger partial charge in [0.2, 0.25) is 0 Å². The number of benzene rings is 1. The average molecular weight is 328 g/mol. The zero-order valence-corrected chi connectivity index (χ0v) is 14.0. The third kappa shape index (κ3) is 4.14. The molecular weight excluding hydrogens is 304 g/mol. The second kappa shape index (κ2) is 7.97. The molecule has 6 nitrogen and oxygen atoms in total. The number of hydrogen-bond acceptors (Lipinski definition) is 3. The maximum absolute atomic E-state index is 12.6. The first-order chi connectivity index (χ1) is 11.8. The first-order valence-electron chi connectivity index (χ1n) is 8.40. The van der Waals surface area contributed by atoms with Crippen LogP contribution >= 0.6 is 0 Å². The molecule has 1 atom stereocenters. The Morgan fingerprint density at radius 2 is 2.17 bits per heavy atom. The van der Waals surface area contributed by atoms with Gasteiger partial charge in [0, 0.05) is 44.6 Å². The van der Waals surface area contributed by atoms with Gasteiger partial charge >= 0.3 is 6.03 Å². The molecule has 1 aliphatic rings. The Kier molecular flexibility index (Phi) is 5.48. The van der Waals surface area contributed by atoms with Crippen LogP contribution in [0.5, 0.6) is 0 Å². The molecule has 0 unspecified atom stereocenters. The van der Waals surface area contributed by atoms with E-state index < -0.39 is 0 Å². The van der Waals surface area contributed by atoms with E-state index >= 15 is 0 Å². The van der Waals surface area contributed by atoms with Crippen LogP contribution in [0.1, 0.15) is 18.3 Å². The van der Waals surface area contributed by atoms with Crippen molar-refractivity contribution in [2.75, 3.05) is 19.8 Å². The van der Waals surface area contributed by atoms with Crippen molar-refractivity contribution in [3.8, 4) is 0 Å². The van der Waals surface area contributed by atoms with Crippen LogP contribution in [-0.2, 0) is 24.4 Å². The summed E-state index contributed by atoms with van der Waals surface area (Å²) in [6.45, 7) is 5.88. The molecule has 128 valence electrons. The fraction of sp³-hybridized carbons (Fsp3) is 0.444. The number of fused-ring (bicyclic) bond motifs is 1. The lowest BCUT2D eigenvalue weighted by Gasteiger charge is -2.24. The van der Waals surface area contributed by atoms with Gasteiger partial charge in [-0.05, 0) is 12.5 Å². The number of ether oxygens (including phenoxy) is 1. The molecule has 0 radical (unpaired) electrons. The van der Waals surface area contributed by atoms with Crippen LogP contribution in [0.3, 0.4) is 0 Å². The van der Waals surface area contributed by atoms with Crippen molar-refractivity contribution in [3.63, 3.8) is 0 Å². The van der Waals surface area contributed by atoms with Gasteiger partial charge in [-0.2, -0.15) is 0 Å². The minimum atomic E-state index is -0.0585. The highest BCUT2D eigenvalue weighted by Gasteiger charge is 2.25. The van der Waals surface area contributed by atoms with Crippen molar-refractivity contribution >= 4 is 6.03 Å². The molecule has 2 aromatic rings. The summed E-state index contributed by atoms with van der Waals surface area (Å²) in [6.07, 6.45) is 3.76. The molecule has 0 bridgehead atoms. The van der Waals surface area contributed by atoms with E-state index in [1.807, 2.05) is 48.4 Å². The number of hydrogen-bond donors (Lipinski definition) is 1. The molecule has 2 amide bonds. The molecular formula is C18H24N4O2. The van der Waals surface area contributed by atoms with Crippen molar-refractivity contribution in [1.82, 2.24) is 19.8 Å². The van der Waals surface area contributed by atoms with E-state index in [1.165, 1.54) is 0 Å². The zero-order valence-electron chi connectivity index (χ0n) is 14.0. The summed E-state index contributed by atoms with van der Waals surface area (Å²) in [6, 6.07) is 9.88. The summed E-state index contributed by atoms with van der Waals surface area (Å²) in [5, 5.41) is 3.01. The van der Waals surface area contributed by atoms with Crippen LogP contribution in [0.15, 0.2) is 42.7 Å². The van der Waals surface area contributed by atoms with E-state index in [4.69, 9.17) is 4.74 Å². The lowest BCUT2D eigenvalue weighted by atomic mass is 10.1. The molecule has 2 heterocycles. The molecule has 1 aromatic carbocycles. The van der Waals surface area contributed by atoms with E-state index in [0.717, 1.165) is 17.9 Å². The van der Waals surface area contributed by atoms with Crippen molar-refractivity contribution in [1.29, 1.82) is 0 Å². The van der Waals surface area contributed by atoms with Crippen molar-refractivity contribution < 1.29 is 9.53 Å². The molecule has 3 rings (SSSR count). The van der Waals surface area contributed by atoms with Crippen molar-refractivity contribution in [2.24, 2.45) is 5.92 Å². The Hall–Kier alpha value is -2.34. The summed E-state index contributed by atoms with van der Waals surface area (Å²) in [5.41, 5.74) is 1.09. The predicted octanol–water partition coefficient (Wildman–Crippen LogP) is 2.26. The van der Waals surface area contributed by atoms with Crippen LogP contribution in [0.25, 0.3) is 0 Å². The number of amides is 2. The monoisotopic (exact) mass is 328 g/mol. The van der Waals surface area contributed by atoms with Gasteiger partial charge in [-0.1, -0.05) is 30.3 Å². The van der Waals surface area contributed by atoms with E-state index in [0.29, 0.717) is 32.8 Å². The average Bonchev–Trinajstić information content (AvgIpc) is 2.96. The molecule has 0 saturated heterocycles. The van der Waals surface area contributed by atoms with Crippen molar-refractivity contribution in [3.05, 3.63) is 54.1 Å². The number of carbonyl (C=O) groups excluding carboxylic acids is 1. The Morgan fingerprint density at radius 1 is 1.33 bits per heavy atom. The molecule has 0 fully saturated rings. The third-order valence-corrected chi connectivity index (χ3v) is 4.20. The second-order valence-electron chi connectivity index (χ2n) is 6.05. The van der Waals surface area contributed by atoms with Gasteiger partial charge in [-0.25, -0.2) is 9.78 Å². The second-order valence-corrected chi connectivity index (χ2v) is 6.05. The Labute approximate surface area is 142 Å². The number of imidazole rings is 1. The highest BCUT2D eigenvalue weighted by atomic mass is 16.5. The van der Waals surface area contributed by atoms with Gasteiger partial charge in [-0.15, -0.1) is 0 Å². The summed E-state index contributed by atoms with van der Waals surface area (Å²) in [7, 11) is 0. The largest absolute Gasteiger partial charge is 0.381 e. The number of urea groups is 1. The first kappa shape index (κ1) is 16.5. The minimum Gasteiger partial charge on any atom is -0.381 e. The van der Waals surface area contributed by atoms with Crippen LogP contribution < -0.4 is 5.32 Å². The number of aromatic nitrogens is 2. The van der Waals surface area contributed by atoms with Crippen LogP contribution in [0, 0.1) is 5.92 Å². The molecule has 24 heavy (non-hydrogen) atoms. The first-order valence-corrected chi connectivity index (χ1v) is 8.40. The SMILES string of the molecule is CCOC[C@H]1CN(C(=O)NCc2ccccc2)Cc2nccn2C1. The highest BCUT2D eigenvalue weighted by molar-refractivity contribution is 5.74. The maximum Gasteiger partial charge on any atom is 0.318 e. The molecule has 0 saturated carbocycles. The van der Waals surface area contributed by atoms with Crippen LogP contribution in [0.4, 0.5) is 4.79 Å². The minimum absolute atomic E-state index is 0.0585. The number of nitrogens with one attached hydrogen (secondary N) is 1. The standard InChI is InChI=1S/C18H24N4O2/c1-2-24-14-16-11-21-9-8-19-17(21)13-22(12-16)18(23)20-10-15-6-4-3-5-7-15/h3-9,16H,2,10-14H2,1H3,(H,20,23)/t16-/m1/s1. The van der Waals surface area contributed by atoms with Gasteiger partial charge < -0.3 is 19.5 Å². The smallest absolute Gasteiger partial charge is 0.318 e. The predicted molar refractivity (Wildman–Crippen MR) is 91.3 cm³/mol. The molecule has 6 heteroatoms. The van der Waals surface area contributed by atoms with Gasteiger partial charge in [0.05, 0.1) is 13.2 Å². The highest BCUT2D eigenvalue weighted by Crippen LogP contribution is 2.16. The van der Waals surface area contributed by atoms with Crippen molar-refractivity contribution in [2.45, 2.75) is 26.6 Å². The summed E-state index contributed by atoms with van der Waals surface area (Å²) >= 11 is 0. The van der Waals surface area contributed by atoms with Gasteiger partial charge in [0.15, 0.2) is 0 Å². The van der Waals surface area contributed by atoms with E-state index in [1.54, 1.807) is 6.20 Å². The number of nitrogens with zero attached hydrogens (tertiary/aromatic N) is 3. The van der Waals surface area contributed by atoms with Crippen LogP contribution in [0.2, 0.25) is 0 Å². The number of carbonyl (C=O) groups is 1. The molecule has 1 N–H and O–H groups in total. The Bertz CT molecular complexity index is 656. The topological polar surface area (TPSA) is 59.4 Å². The lowest BCUT2D eigenvalue weighted by Crippen LogP contribution is -2.41. The third-order valence-electron chi connectivity index (χ3n) is 4.20. The molecule has 1 aromatic heterocycles. The lowest BCUT2D eigenvalue weighted by molar-refractivity contribution is 0.0913. The van der Waals surface area contributed by atoms with E-state index in [2.05, 4.69) is 14.9 Å². The van der Waals surface area contributed by atoms with E-state index in [9.17, 15) is 4.79 Å². The van der Waals surface area contributed by atoms with E-state index in [-0.39, 0.29) is 11.9 Å². The van der Waals surface area contributed by atoms with Gasteiger partial charge in [0.1, 0.15) is 5.82 Å². The fourth-order valence-corrected chi connectivity index (χ4v) is 2.97. The fourth-order valence-electron chi connectivity index (χ4n) is 2.97. The summed E-state index contributed by atoms with van der Waals surface area (Å²) in [5.74, 6) is 1.19. The molecule has 0 aliphatic carbocycles. The molecule has 1 aliphatic heterocycles. The Balaban J connectivity index is 1.65. The molecule has 0 spiro atoms. The maximum atomic E-state index is 12.6. The Morgan fingerprint density at radius 3 is 2.96 bits per heavy atom. The summed E-state index contributed by atoms with van der Waals surface area (Å²) in [4.78, 5) is 18.8. The van der Waals surface area contributed by atoms with Gasteiger partial charge in [0.25, 0.3) is 0 Å². The quantitative estimate of drug-likeness (QED) is 0.916. The zero-order chi connectivity index (χ0) is 16.8. The summed E-state index contributed by atoms with van der Waals surface area (Å²) < 4.78 is 7.70. The number of rotatable bonds is 5. The van der Waals surface area contributed by atoms with Gasteiger partial charge in [-0.3, -0.25) is 0 Å². The normalized spacial score (nSPS) is 17.2.